The van der Waals surface area contributed by atoms with E-state index in [1.54, 1.807) is 32.2 Å². The first-order valence-corrected chi connectivity index (χ1v) is 7.27. The van der Waals surface area contributed by atoms with Crippen LogP contribution < -0.4 is 4.74 Å². The zero-order valence-corrected chi connectivity index (χ0v) is 13.3. The minimum atomic E-state index is -0.544. The second-order valence-corrected chi connectivity index (χ2v) is 4.84. The first-order chi connectivity index (χ1) is 10.1. The molecule has 0 radical (unpaired) electrons. The number of ether oxygens (including phenoxy) is 4. The van der Waals surface area contributed by atoms with E-state index in [0.29, 0.717) is 50.4 Å². The molecule has 1 rings (SSSR count). The van der Waals surface area contributed by atoms with Crippen molar-refractivity contribution < 1.29 is 24.1 Å². The van der Waals surface area contributed by atoms with Crippen LogP contribution in [0.15, 0.2) is 18.2 Å². The Hall–Kier alpha value is -0.850. The lowest BCUT2D eigenvalue weighted by Gasteiger charge is -2.11. The number of hydrogen-bond donors (Lipinski definition) is 1. The van der Waals surface area contributed by atoms with E-state index in [9.17, 15) is 5.11 Å². The van der Waals surface area contributed by atoms with Gasteiger partial charge < -0.3 is 24.1 Å². The summed E-state index contributed by atoms with van der Waals surface area (Å²) in [4.78, 5) is 0. The monoisotopic (exact) mass is 318 g/mol. The van der Waals surface area contributed by atoms with Gasteiger partial charge in [0.15, 0.2) is 0 Å². The van der Waals surface area contributed by atoms with Gasteiger partial charge in [-0.05, 0) is 24.6 Å². The zero-order valence-electron chi connectivity index (χ0n) is 12.5. The fourth-order valence-electron chi connectivity index (χ4n) is 1.57. The van der Waals surface area contributed by atoms with Crippen LogP contribution in [0.2, 0.25) is 5.02 Å². The molecule has 120 valence electrons. The fraction of sp³-hybridized carbons (Fsp3) is 0.600. The van der Waals surface area contributed by atoms with E-state index < -0.39 is 6.10 Å². The molecule has 0 aliphatic rings. The molecule has 1 aromatic carbocycles. The van der Waals surface area contributed by atoms with Crippen molar-refractivity contribution in [3.05, 3.63) is 28.8 Å². The van der Waals surface area contributed by atoms with Crippen LogP contribution in [-0.2, 0) is 14.2 Å². The van der Waals surface area contributed by atoms with Gasteiger partial charge in [0.1, 0.15) is 12.4 Å². The Bertz CT molecular complexity index is 398. The molecule has 0 aromatic heterocycles. The summed E-state index contributed by atoms with van der Waals surface area (Å²) >= 11 is 6.08. The topological polar surface area (TPSA) is 57.2 Å². The van der Waals surface area contributed by atoms with Gasteiger partial charge in [0, 0.05) is 7.11 Å². The van der Waals surface area contributed by atoms with E-state index in [2.05, 4.69) is 0 Å². The Morgan fingerprint density at radius 3 is 2.24 bits per heavy atom. The number of hydrogen-bond acceptors (Lipinski definition) is 5. The Kier molecular flexibility index (Phi) is 9.37. The fourth-order valence-corrected chi connectivity index (χ4v) is 1.81. The summed E-state index contributed by atoms with van der Waals surface area (Å²) in [6.45, 7) is 4.77. The van der Waals surface area contributed by atoms with Crippen molar-refractivity contribution >= 4 is 11.6 Å². The van der Waals surface area contributed by atoms with Gasteiger partial charge in [0.2, 0.25) is 0 Å². The highest BCUT2D eigenvalue weighted by molar-refractivity contribution is 6.32. The third-order valence-corrected chi connectivity index (χ3v) is 3.02. The molecule has 0 unspecified atom stereocenters. The van der Waals surface area contributed by atoms with Gasteiger partial charge in [-0.25, -0.2) is 0 Å². The van der Waals surface area contributed by atoms with Gasteiger partial charge in [-0.2, -0.15) is 0 Å². The van der Waals surface area contributed by atoms with Crippen molar-refractivity contribution in [2.45, 2.75) is 13.0 Å². The number of aliphatic hydroxyl groups excluding tert-OH is 1. The predicted molar refractivity (Wildman–Crippen MR) is 81.1 cm³/mol. The predicted octanol–water partition coefficient (Wildman–Crippen LogP) is 2.45. The maximum atomic E-state index is 9.45. The highest BCUT2D eigenvalue weighted by atomic mass is 35.5. The molecule has 21 heavy (non-hydrogen) atoms. The number of halogens is 1. The second kappa shape index (κ2) is 10.8. The van der Waals surface area contributed by atoms with E-state index in [-0.39, 0.29) is 0 Å². The van der Waals surface area contributed by atoms with E-state index >= 15 is 0 Å². The maximum Gasteiger partial charge on any atom is 0.138 e. The largest absolute Gasteiger partial charge is 0.490 e. The van der Waals surface area contributed by atoms with Gasteiger partial charge in [0.05, 0.1) is 44.2 Å². The Morgan fingerprint density at radius 1 is 1.05 bits per heavy atom. The molecule has 0 saturated heterocycles. The van der Waals surface area contributed by atoms with Gasteiger partial charge in [-0.1, -0.05) is 17.7 Å². The van der Waals surface area contributed by atoms with Crippen molar-refractivity contribution in [2.75, 3.05) is 46.8 Å². The summed E-state index contributed by atoms with van der Waals surface area (Å²) in [6.07, 6.45) is -0.544. The van der Waals surface area contributed by atoms with E-state index in [4.69, 9.17) is 30.5 Å². The van der Waals surface area contributed by atoms with Crippen LogP contribution in [0.25, 0.3) is 0 Å². The van der Waals surface area contributed by atoms with Crippen molar-refractivity contribution in [1.29, 1.82) is 0 Å². The van der Waals surface area contributed by atoms with E-state index in [0.717, 1.165) is 5.56 Å². The van der Waals surface area contributed by atoms with Gasteiger partial charge in [-0.3, -0.25) is 0 Å². The Morgan fingerprint density at radius 2 is 1.67 bits per heavy atom. The SMILES string of the molecule is COCCOCCOCCOc1ccc([C@H](C)O)cc1Cl. The molecule has 0 amide bonds. The molecule has 0 saturated carbocycles. The quantitative estimate of drug-likeness (QED) is 0.635. The lowest BCUT2D eigenvalue weighted by molar-refractivity contribution is 0.0180. The van der Waals surface area contributed by atoms with E-state index in [1.165, 1.54) is 0 Å². The van der Waals surface area contributed by atoms with Crippen molar-refractivity contribution in [2.24, 2.45) is 0 Å². The third kappa shape index (κ3) is 7.64. The average molecular weight is 319 g/mol. The number of benzene rings is 1. The molecule has 0 heterocycles. The highest BCUT2D eigenvalue weighted by Gasteiger charge is 2.06. The van der Waals surface area contributed by atoms with Crippen LogP contribution in [0.3, 0.4) is 0 Å². The first-order valence-electron chi connectivity index (χ1n) is 6.90. The molecule has 1 aromatic rings. The molecule has 0 fully saturated rings. The summed E-state index contributed by atoms with van der Waals surface area (Å²) in [5, 5.41) is 9.93. The second-order valence-electron chi connectivity index (χ2n) is 4.43. The summed E-state index contributed by atoms with van der Waals surface area (Å²) in [5.41, 5.74) is 0.761. The van der Waals surface area contributed by atoms with Gasteiger partial charge in [0.25, 0.3) is 0 Å². The van der Waals surface area contributed by atoms with Gasteiger partial charge in [-0.15, -0.1) is 0 Å². The molecule has 1 N–H and O–H groups in total. The van der Waals surface area contributed by atoms with Crippen LogP contribution in [0.4, 0.5) is 0 Å². The minimum Gasteiger partial charge on any atom is -0.490 e. The molecule has 0 spiro atoms. The molecule has 0 aliphatic heterocycles. The summed E-state index contributed by atoms with van der Waals surface area (Å²) < 4.78 is 21.0. The molecule has 5 nitrogen and oxygen atoms in total. The molecular formula is C15H23ClO5. The number of rotatable bonds is 11. The van der Waals surface area contributed by atoms with Crippen LogP contribution in [0, 0.1) is 0 Å². The smallest absolute Gasteiger partial charge is 0.138 e. The van der Waals surface area contributed by atoms with E-state index in [1.807, 2.05) is 0 Å². The van der Waals surface area contributed by atoms with Crippen LogP contribution in [0.5, 0.6) is 5.75 Å². The molecule has 0 bridgehead atoms. The number of methoxy groups -OCH3 is 1. The Labute approximate surface area is 130 Å². The first kappa shape index (κ1) is 18.2. The lowest BCUT2D eigenvalue weighted by Crippen LogP contribution is -2.12. The summed E-state index contributed by atoms with van der Waals surface area (Å²) in [7, 11) is 1.63. The third-order valence-electron chi connectivity index (χ3n) is 2.73. The van der Waals surface area contributed by atoms with Gasteiger partial charge >= 0.3 is 0 Å². The zero-order chi connectivity index (χ0) is 15.5. The standard InChI is InChI=1S/C15H23ClO5/c1-12(17)13-3-4-15(14(16)11-13)21-10-9-20-8-7-19-6-5-18-2/h3-4,11-12,17H,5-10H2,1-2H3/t12-/m0/s1. The summed E-state index contributed by atoms with van der Waals surface area (Å²) in [5.74, 6) is 0.584. The normalized spacial score (nSPS) is 12.4. The van der Waals surface area contributed by atoms with Crippen LogP contribution >= 0.6 is 11.6 Å². The molecule has 6 heteroatoms. The number of aliphatic hydroxyl groups is 1. The molecular weight excluding hydrogens is 296 g/mol. The summed E-state index contributed by atoms with van der Waals surface area (Å²) in [6, 6.07) is 5.24. The molecule has 1 atom stereocenters. The minimum absolute atomic E-state index is 0.409. The average Bonchev–Trinajstić information content (AvgIpc) is 2.46. The highest BCUT2D eigenvalue weighted by Crippen LogP contribution is 2.27. The van der Waals surface area contributed by atoms with Crippen LogP contribution in [0.1, 0.15) is 18.6 Å². The van der Waals surface area contributed by atoms with Crippen LogP contribution in [-0.4, -0.2) is 51.9 Å². The maximum absolute atomic E-state index is 9.45. The van der Waals surface area contributed by atoms with Crippen molar-refractivity contribution in [1.82, 2.24) is 0 Å². The van der Waals surface area contributed by atoms with Crippen molar-refractivity contribution in [3.63, 3.8) is 0 Å². The Balaban J connectivity index is 2.13. The van der Waals surface area contributed by atoms with Crippen molar-refractivity contribution in [3.8, 4) is 5.75 Å². The lowest BCUT2D eigenvalue weighted by atomic mass is 10.1. The molecule has 0 aliphatic carbocycles.